The summed E-state index contributed by atoms with van der Waals surface area (Å²) >= 11 is 6.13. The number of hydrogen-bond donors (Lipinski definition) is 2. The lowest BCUT2D eigenvalue weighted by molar-refractivity contribution is -0.137. The lowest BCUT2D eigenvalue weighted by atomic mass is 9.88. The van der Waals surface area contributed by atoms with Crippen LogP contribution in [0.2, 0.25) is 5.02 Å². The van der Waals surface area contributed by atoms with Crippen LogP contribution in [0.4, 0.5) is 0 Å². The lowest BCUT2D eigenvalue weighted by Gasteiger charge is -2.21. The van der Waals surface area contributed by atoms with E-state index in [1.54, 1.807) is 25.3 Å². The highest BCUT2D eigenvalue weighted by Gasteiger charge is 2.22. The van der Waals surface area contributed by atoms with Gasteiger partial charge in [0, 0.05) is 28.6 Å². The average molecular weight is 279 g/mol. The normalized spacial score (nSPS) is 14.3. The van der Waals surface area contributed by atoms with Gasteiger partial charge in [0.1, 0.15) is 0 Å². The molecule has 0 saturated heterocycles. The highest BCUT2D eigenvalue weighted by molar-refractivity contribution is 6.35. The molecule has 0 saturated carbocycles. The van der Waals surface area contributed by atoms with Crippen molar-refractivity contribution in [3.05, 3.63) is 41.0 Å². The Morgan fingerprint density at radius 1 is 1.47 bits per heavy atom. The van der Waals surface area contributed by atoms with Crippen LogP contribution in [-0.4, -0.2) is 22.1 Å². The minimum atomic E-state index is -0.874. The number of aromatic nitrogens is 1. The molecule has 0 aliphatic heterocycles. The summed E-state index contributed by atoms with van der Waals surface area (Å²) in [5, 5.41) is 10.4. The molecule has 4 nitrogen and oxygen atoms in total. The number of nitrogens with two attached hydrogens (primary N) is 1. The van der Waals surface area contributed by atoms with Gasteiger partial charge in [0.25, 0.3) is 0 Å². The molecule has 0 aliphatic rings. The van der Waals surface area contributed by atoms with Crippen LogP contribution >= 0.6 is 11.6 Å². The molecule has 2 atom stereocenters. The van der Waals surface area contributed by atoms with E-state index in [2.05, 4.69) is 4.98 Å². The van der Waals surface area contributed by atoms with Gasteiger partial charge in [-0.15, -0.1) is 0 Å². The fraction of sp³-hybridized carbons (Fsp3) is 0.286. The van der Waals surface area contributed by atoms with E-state index >= 15 is 0 Å². The summed E-state index contributed by atoms with van der Waals surface area (Å²) in [5.41, 5.74) is 7.47. The van der Waals surface area contributed by atoms with Crippen molar-refractivity contribution in [3.63, 3.8) is 0 Å². The molecular formula is C14H15ClN2O2. The highest BCUT2D eigenvalue weighted by atomic mass is 35.5. The second kappa shape index (κ2) is 5.55. The van der Waals surface area contributed by atoms with Crippen LogP contribution in [0.15, 0.2) is 30.5 Å². The molecule has 1 aromatic heterocycles. The van der Waals surface area contributed by atoms with Crippen LogP contribution in [0.25, 0.3) is 10.9 Å². The van der Waals surface area contributed by atoms with Crippen molar-refractivity contribution in [2.45, 2.75) is 25.3 Å². The summed E-state index contributed by atoms with van der Waals surface area (Å²) in [6.45, 7) is 1.80. The van der Waals surface area contributed by atoms with Gasteiger partial charge < -0.3 is 10.8 Å². The number of carboxylic acids is 1. The van der Waals surface area contributed by atoms with Gasteiger partial charge in [-0.25, -0.2) is 0 Å². The third-order valence-corrected chi connectivity index (χ3v) is 3.51. The Morgan fingerprint density at radius 3 is 2.84 bits per heavy atom. The predicted octanol–water partition coefficient (Wildman–Crippen LogP) is 2.79. The fourth-order valence-corrected chi connectivity index (χ4v) is 2.44. The van der Waals surface area contributed by atoms with Crippen molar-refractivity contribution >= 4 is 28.5 Å². The smallest absolute Gasteiger partial charge is 0.304 e. The predicted molar refractivity (Wildman–Crippen MR) is 75.4 cm³/mol. The highest BCUT2D eigenvalue weighted by Crippen LogP contribution is 2.32. The summed E-state index contributed by atoms with van der Waals surface area (Å²) in [6, 6.07) is 6.97. The minimum absolute atomic E-state index is 0.0228. The minimum Gasteiger partial charge on any atom is -0.481 e. The summed E-state index contributed by atoms with van der Waals surface area (Å²) in [6.07, 6.45) is 1.64. The monoisotopic (exact) mass is 278 g/mol. The van der Waals surface area contributed by atoms with Gasteiger partial charge in [-0.2, -0.15) is 0 Å². The number of aliphatic carboxylic acids is 1. The van der Waals surface area contributed by atoms with Crippen molar-refractivity contribution in [2.24, 2.45) is 5.73 Å². The van der Waals surface area contributed by atoms with E-state index in [4.69, 9.17) is 22.4 Å². The maximum atomic E-state index is 11.0. The zero-order valence-electron chi connectivity index (χ0n) is 10.5. The standard InChI is InChI=1S/C14H15ClN2O2/c1-8(16)11(7-13(18)19)9-4-5-12(15)10-3-2-6-17-14(9)10/h2-6,8,11H,7,16H2,1H3,(H,18,19). The Morgan fingerprint density at radius 2 is 2.21 bits per heavy atom. The summed E-state index contributed by atoms with van der Waals surface area (Å²) < 4.78 is 0. The maximum Gasteiger partial charge on any atom is 0.304 e. The maximum absolute atomic E-state index is 11.0. The lowest BCUT2D eigenvalue weighted by Crippen LogP contribution is -2.27. The van der Waals surface area contributed by atoms with Crippen LogP contribution in [0, 0.1) is 0 Å². The fourth-order valence-electron chi connectivity index (χ4n) is 2.23. The molecule has 2 aromatic rings. The molecular weight excluding hydrogens is 264 g/mol. The van der Waals surface area contributed by atoms with Crippen LogP contribution in [0.1, 0.15) is 24.8 Å². The largest absolute Gasteiger partial charge is 0.481 e. The van der Waals surface area contributed by atoms with Gasteiger partial charge in [-0.3, -0.25) is 9.78 Å². The van der Waals surface area contributed by atoms with Crippen LogP contribution in [-0.2, 0) is 4.79 Å². The second-order valence-corrected chi connectivity index (χ2v) is 5.01. The van der Waals surface area contributed by atoms with E-state index in [0.717, 1.165) is 16.5 Å². The molecule has 0 aliphatic carbocycles. The molecule has 1 heterocycles. The Hall–Kier alpha value is -1.65. The number of carbonyl (C=O) groups is 1. The Bertz CT molecular complexity index is 613. The summed E-state index contributed by atoms with van der Waals surface area (Å²) in [4.78, 5) is 15.3. The molecule has 0 radical (unpaired) electrons. The van der Waals surface area contributed by atoms with E-state index in [1.807, 2.05) is 12.1 Å². The molecule has 1 aromatic carbocycles. The van der Waals surface area contributed by atoms with Crippen molar-refractivity contribution < 1.29 is 9.90 Å². The third kappa shape index (κ3) is 2.85. The van der Waals surface area contributed by atoms with E-state index in [1.165, 1.54) is 0 Å². The van der Waals surface area contributed by atoms with E-state index < -0.39 is 5.97 Å². The molecule has 0 amide bonds. The summed E-state index contributed by atoms with van der Waals surface area (Å²) in [5.74, 6) is -1.16. The average Bonchev–Trinajstić information content (AvgIpc) is 2.37. The summed E-state index contributed by atoms with van der Waals surface area (Å²) in [7, 11) is 0. The number of carboxylic acid groups (broad SMARTS) is 1. The molecule has 3 N–H and O–H groups in total. The third-order valence-electron chi connectivity index (χ3n) is 3.18. The topological polar surface area (TPSA) is 76.2 Å². The Balaban J connectivity index is 2.60. The quantitative estimate of drug-likeness (QED) is 0.902. The first kappa shape index (κ1) is 13.8. The van der Waals surface area contributed by atoms with Crippen molar-refractivity contribution in [2.75, 3.05) is 0 Å². The first-order valence-electron chi connectivity index (χ1n) is 6.01. The number of nitrogens with zero attached hydrogens (tertiary/aromatic N) is 1. The number of halogens is 1. The number of pyridine rings is 1. The molecule has 100 valence electrons. The number of hydrogen-bond acceptors (Lipinski definition) is 3. The van der Waals surface area contributed by atoms with Crippen LogP contribution < -0.4 is 5.73 Å². The zero-order valence-corrected chi connectivity index (χ0v) is 11.3. The number of rotatable bonds is 4. The molecule has 2 rings (SSSR count). The van der Waals surface area contributed by atoms with Crippen molar-refractivity contribution in [1.29, 1.82) is 0 Å². The van der Waals surface area contributed by atoms with E-state index in [0.29, 0.717) is 5.02 Å². The van der Waals surface area contributed by atoms with Crippen molar-refractivity contribution in [1.82, 2.24) is 4.98 Å². The molecule has 5 heteroatoms. The second-order valence-electron chi connectivity index (χ2n) is 4.60. The molecule has 0 bridgehead atoms. The Kier molecular flexibility index (Phi) is 4.02. The number of benzene rings is 1. The first-order chi connectivity index (χ1) is 9.00. The van der Waals surface area contributed by atoms with Crippen LogP contribution in [0.5, 0.6) is 0 Å². The van der Waals surface area contributed by atoms with Crippen LogP contribution in [0.3, 0.4) is 0 Å². The van der Waals surface area contributed by atoms with Gasteiger partial charge in [-0.1, -0.05) is 17.7 Å². The van der Waals surface area contributed by atoms with Crippen molar-refractivity contribution in [3.8, 4) is 0 Å². The van der Waals surface area contributed by atoms with E-state index in [-0.39, 0.29) is 18.4 Å². The molecule has 2 unspecified atom stereocenters. The Labute approximate surface area is 116 Å². The zero-order chi connectivity index (χ0) is 14.0. The van der Waals surface area contributed by atoms with Gasteiger partial charge in [0.15, 0.2) is 0 Å². The molecule has 0 fully saturated rings. The van der Waals surface area contributed by atoms with Gasteiger partial charge >= 0.3 is 5.97 Å². The first-order valence-corrected chi connectivity index (χ1v) is 6.39. The van der Waals surface area contributed by atoms with Gasteiger partial charge in [-0.05, 0) is 30.7 Å². The molecule has 0 spiro atoms. The SMILES string of the molecule is CC(N)C(CC(=O)O)c1ccc(Cl)c2cccnc12. The number of fused-ring (bicyclic) bond motifs is 1. The van der Waals surface area contributed by atoms with Gasteiger partial charge in [0.2, 0.25) is 0 Å². The van der Waals surface area contributed by atoms with E-state index in [9.17, 15) is 4.79 Å². The molecule has 19 heavy (non-hydrogen) atoms. The van der Waals surface area contributed by atoms with Gasteiger partial charge in [0.05, 0.1) is 11.9 Å².